The summed E-state index contributed by atoms with van der Waals surface area (Å²) in [6.07, 6.45) is 3.35. The molecule has 24 heavy (non-hydrogen) atoms. The summed E-state index contributed by atoms with van der Waals surface area (Å²) < 4.78 is 29.4. The van der Waals surface area contributed by atoms with Crippen LogP contribution >= 0.6 is 0 Å². The minimum atomic E-state index is -3.37. The summed E-state index contributed by atoms with van der Waals surface area (Å²) in [6.45, 7) is 2.38. The van der Waals surface area contributed by atoms with Crippen LogP contribution in [0.1, 0.15) is 25.3 Å². The smallest absolute Gasteiger partial charge is 0.238 e. The van der Waals surface area contributed by atoms with Gasteiger partial charge in [-0.3, -0.25) is 4.79 Å². The molecule has 0 spiro atoms. The minimum Gasteiger partial charge on any atom is -0.497 e. The number of nitrogens with zero attached hydrogens (tertiary/aromatic N) is 2. The quantitative estimate of drug-likeness (QED) is 0.713. The lowest BCUT2D eigenvalue weighted by Crippen LogP contribution is -2.45. The van der Waals surface area contributed by atoms with Crippen LogP contribution in [0.3, 0.4) is 0 Å². The largest absolute Gasteiger partial charge is 0.497 e. The van der Waals surface area contributed by atoms with E-state index in [0.717, 1.165) is 34.7 Å². The molecular formula is C17H26N2O4S. The van der Waals surface area contributed by atoms with E-state index in [0.29, 0.717) is 12.5 Å². The van der Waals surface area contributed by atoms with Gasteiger partial charge in [-0.2, -0.15) is 4.31 Å². The molecule has 1 aliphatic carbocycles. The normalized spacial score (nSPS) is 16.0. The van der Waals surface area contributed by atoms with Crippen LogP contribution in [0.15, 0.2) is 24.3 Å². The monoisotopic (exact) mass is 354 g/mol. The lowest BCUT2D eigenvalue weighted by molar-refractivity contribution is -0.134. The number of rotatable bonds is 8. The lowest BCUT2D eigenvalue weighted by atomic mass is 10.1. The summed E-state index contributed by atoms with van der Waals surface area (Å²) >= 11 is 0. The van der Waals surface area contributed by atoms with E-state index >= 15 is 0 Å². The number of benzene rings is 1. The van der Waals surface area contributed by atoms with Crippen LogP contribution in [0.4, 0.5) is 0 Å². The van der Waals surface area contributed by atoms with Gasteiger partial charge in [0, 0.05) is 19.6 Å². The SMILES string of the molecule is COc1ccc(CN(C(=O)CN(C)S(C)(=O)=O)C(C)C2CC2)cc1. The highest BCUT2D eigenvalue weighted by Gasteiger charge is 2.35. The van der Waals surface area contributed by atoms with E-state index < -0.39 is 10.0 Å². The first kappa shape index (κ1) is 18.7. The second kappa shape index (κ2) is 7.53. The molecule has 1 fully saturated rings. The van der Waals surface area contributed by atoms with Gasteiger partial charge in [-0.05, 0) is 43.4 Å². The first-order valence-electron chi connectivity index (χ1n) is 8.06. The number of likely N-dealkylation sites (N-methyl/N-ethyl adjacent to an activating group) is 1. The van der Waals surface area contributed by atoms with Crippen LogP contribution in [0.2, 0.25) is 0 Å². The summed E-state index contributed by atoms with van der Waals surface area (Å²) in [5, 5.41) is 0. The molecule has 0 aliphatic heterocycles. The van der Waals surface area contributed by atoms with Crippen LogP contribution in [0.5, 0.6) is 5.75 Å². The van der Waals surface area contributed by atoms with Gasteiger partial charge >= 0.3 is 0 Å². The summed E-state index contributed by atoms with van der Waals surface area (Å²) in [5.74, 6) is 1.11. The van der Waals surface area contributed by atoms with Gasteiger partial charge in [0.2, 0.25) is 15.9 Å². The fourth-order valence-electron chi connectivity index (χ4n) is 2.62. The zero-order valence-electron chi connectivity index (χ0n) is 14.7. The molecule has 0 bridgehead atoms. The molecule has 134 valence electrons. The average molecular weight is 354 g/mol. The molecule has 6 nitrogen and oxygen atoms in total. The Balaban J connectivity index is 2.12. The third-order valence-corrected chi connectivity index (χ3v) is 5.81. The summed E-state index contributed by atoms with van der Waals surface area (Å²) in [7, 11) is -0.331. The van der Waals surface area contributed by atoms with Crippen molar-refractivity contribution >= 4 is 15.9 Å². The van der Waals surface area contributed by atoms with Crippen molar-refractivity contribution < 1.29 is 17.9 Å². The summed E-state index contributed by atoms with van der Waals surface area (Å²) in [6, 6.07) is 7.69. The van der Waals surface area contributed by atoms with Crippen molar-refractivity contribution in [2.24, 2.45) is 5.92 Å². The molecule has 1 aliphatic rings. The second-order valence-electron chi connectivity index (χ2n) is 6.47. The minimum absolute atomic E-state index is 0.104. The summed E-state index contributed by atoms with van der Waals surface area (Å²) in [4.78, 5) is 14.5. The molecule has 0 aromatic heterocycles. The Hall–Kier alpha value is -1.60. The van der Waals surface area contributed by atoms with E-state index in [9.17, 15) is 13.2 Å². The molecule has 1 aromatic carbocycles. The zero-order valence-corrected chi connectivity index (χ0v) is 15.5. The van der Waals surface area contributed by atoms with Gasteiger partial charge in [-0.1, -0.05) is 12.1 Å². The molecular weight excluding hydrogens is 328 g/mol. The lowest BCUT2D eigenvalue weighted by Gasteiger charge is -2.31. The van der Waals surface area contributed by atoms with Crippen molar-refractivity contribution in [2.45, 2.75) is 32.4 Å². The first-order chi connectivity index (χ1) is 11.2. The number of ether oxygens (including phenoxy) is 1. The molecule has 0 saturated heterocycles. The molecule has 1 aromatic rings. The molecule has 7 heteroatoms. The van der Waals surface area contributed by atoms with Crippen molar-refractivity contribution in [2.75, 3.05) is 27.0 Å². The van der Waals surface area contributed by atoms with E-state index in [1.54, 1.807) is 12.0 Å². The number of carbonyl (C=O) groups excluding carboxylic acids is 1. The maximum Gasteiger partial charge on any atom is 0.238 e. The molecule has 1 unspecified atom stereocenters. The Kier molecular flexibility index (Phi) is 5.87. The number of amides is 1. The number of sulfonamides is 1. The highest BCUT2D eigenvalue weighted by Crippen LogP contribution is 2.35. The molecule has 2 rings (SSSR count). The van der Waals surface area contributed by atoms with Crippen molar-refractivity contribution in [1.29, 1.82) is 0 Å². The van der Waals surface area contributed by atoms with E-state index in [1.807, 2.05) is 31.2 Å². The maximum absolute atomic E-state index is 12.7. The fraction of sp³-hybridized carbons (Fsp3) is 0.588. The predicted molar refractivity (Wildman–Crippen MR) is 93.2 cm³/mol. The summed E-state index contributed by atoms with van der Waals surface area (Å²) in [5.41, 5.74) is 0.999. The van der Waals surface area contributed by atoms with Crippen LogP contribution in [-0.4, -0.2) is 56.5 Å². The van der Waals surface area contributed by atoms with Gasteiger partial charge in [0.25, 0.3) is 0 Å². The molecule has 1 atom stereocenters. The van der Waals surface area contributed by atoms with Gasteiger partial charge in [0.05, 0.1) is 19.9 Å². The fourth-order valence-corrected chi connectivity index (χ4v) is 2.96. The second-order valence-corrected chi connectivity index (χ2v) is 8.56. The van der Waals surface area contributed by atoms with Gasteiger partial charge in [0.15, 0.2) is 0 Å². The van der Waals surface area contributed by atoms with E-state index in [2.05, 4.69) is 0 Å². The van der Waals surface area contributed by atoms with Crippen LogP contribution in [-0.2, 0) is 21.4 Å². The Labute approximate surface area is 144 Å². The van der Waals surface area contributed by atoms with Gasteiger partial charge in [-0.25, -0.2) is 8.42 Å². The molecule has 1 amide bonds. The number of hydrogen-bond donors (Lipinski definition) is 0. The molecule has 0 radical (unpaired) electrons. The van der Waals surface area contributed by atoms with Crippen LogP contribution in [0, 0.1) is 5.92 Å². The Morgan fingerprint density at radius 1 is 1.29 bits per heavy atom. The van der Waals surface area contributed by atoms with Gasteiger partial charge in [0.1, 0.15) is 5.75 Å². The van der Waals surface area contributed by atoms with E-state index in [4.69, 9.17) is 4.74 Å². The zero-order chi connectivity index (χ0) is 17.9. The van der Waals surface area contributed by atoms with Gasteiger partial charge in [-0.15, -0.1) is 0 Å². The Morgan fingerprint density at radius 2 is 1.88 bits per heavy atom. The highest BCUT2D eigenvalue weighted by molar-refractivity contribution is 7.88. The number of carbonyl (C=O) groups is 1. The molecule has 1 saturated carbocycles. The van der Waals surface area contributed by atoms with E-state index in [-0.39, 0.29) is 18.5 Å². The number of hydrogen-bond acceptors (Lipinski definition) is 4. The van der Waals surface area contributed by atoms with Crippen LogP contribution in [0.25, 0.3) is 0 Å². The van der Waals surface area contributed by atoms with Gasteiger partial charge < -0.3 is 9.64 Å². The van der Waals surface area contributed by atoms with Crippen molar-refractivity contribution in [3.8, 4) is 5.75 Å². The first-order valence-corrected chi connectivity index (χ1v) is 9.91. The average Bonchev–Trinajstić information content (AvgIpc) is 3.36. The van der Waals surface area contributed by atoms with Crippen LogP contribution < -0.4 is 4.74 Å². The van der Waals surface area contributed by atoms with Crippen molar-refractivity contribution in [3.63, 3.8) is 0 Å². The highest BCUT2D eigenvalue weighted by atomic mass is 32.2. The van der Waals surface area contributed by atoms with E-state index in [1.165, 1.54) is 7.05 Å². The molecule has 0 N–H and O–H groups in total. The third kappa shape index (κ3) is 4.95. The number of methoxy groups -OCH3 is 1. The third-order valence-electron chi connectivity index (χ3n) is 4.55. The Morgan fingerprint density at radius 3 is 2.33 bits per heavy atom. The van der Waals surface area contributed by atoms with Crippen molar-refractivity contribution in [1.82, 2.24) is 9.21 Å². The predicted octanol–water partition coefficient (Wildman–Crippen LogP) is 1.71. The molecule has 0 heterocycles. The standard InChI is InChI=1S/C17H26N2O4S/c1-13(15-7-8-15)19(17(20)12-18(2)24(4,21)22)11-14-5-9-16(23-3)10-6-14/h5-6,9-10,13,15H,7-8,11-12H2,1-4H3. The topological polar surface area (TPSA) is 66.9 Å². The maximum atomic E-state index is 12.7. The Bertz CT molecular complexity index is 668. The van der Waals surface area contributed by atoms with Crippen molar-refractivity contribution in [3.05, 3.63) is 29.8 Å².